The molecule has 0 aromatic heterocycles. The Bertz CT molecular complexity index is 1340. The number of anilines is 1. The molecule has 0 spiro atoms. The molecular formula is C29H31F7N4O4. The molecule has 1 heterocycles. The lowest BCUT2D eigenvalue weighted by molar-refractivity contribution is -0.143. The quantitative estimate of drug-likeness (QED) is 0.386. The molecule has 1 aliphatic carbocycles. The maximum Gasteiger partial charge on any atom is 0.416 e. The van der Waals surface area contributed by atoms with Crippen molar-refractivity contribution in [1.82, 2.24) is 15.1 Å². The smallest absolute Gasteiger partial charge is 0.416 e. The minimum Gasteiger partial charge on any atom is -0.465 e. The van der Waals surface area contributed by atoms with E-state index in [2.05, 4.69) is 5.32 Å². The monoisotopic (exact) mass is 632 g/mol. The molecule has 2 atom stereocenters. The van der Waals surface area contributed by atoms with Crippen molar-refractivity contribution < 1.29 is 50.2 Å². The largest absolute Gasteiger partial charge is 0.465 e. The van der Waals surface area contributed by atoms with E-state index in [1.165, 1.54) is 36.2 Å². The van der Waals surface area contributed by atoms with E-state index in [1.807, 2.05) is 0 Å². The number of carboxylic acid groups (broad SMARTS) is 1. The molecule has 0 bridgehead atoms. The topological polar surface area (TPSA) is 93.2 Å². The lowest BCUT2D eigenvalue weighted by Crippen LogP contribution is -2.48. The predicted octanol–water partition coefficient (Wildman–Crippen LogP) is 6.17. The van der Waals surface area contributed by atoms with Crippen LogP contribution in [0.2, 0.25) is 0 Å². The number of benzene rings is 2. The Morgan fingerprint density at radius 1 is 0.864 bits per heavy atom. The summed E-state index contributed by atoms with van der Waals surface area (Å²) in [5.74, 6) is -1.67. The van der Waals surface area contributed by atoms with Gasteiger partial charge in [-0.05, 0) is 61.6 Å². The standard InChI is InChI=1S/C29H31F7N4O4/c1-38(22-12-18(28(31,32)33)11-19(13-22)29(34,35)36)27(44)39(2)24-15-40(14-23(24)16-3-7-20(30)8-4-16)25(41)17-5-9-21(10-6-17)37-26(42)43/h3-4,7-8,11-13,17,21,23-24,37H,5-6,9-10,14-15H2,1-2H3,(H,42,43)/t17-,21-,23-,24+/m0/s1. The Morgan fingerprint density at radius 2 is 1.41 bits per heavy atom. The van der Waals surface area contributed by atoms with Crippen molar-refractivity contribution in [2.45, 2.75) is 56.0 Å². The zero-order chi connectivity index (χ0) is 32.6. The van der Waals surface area contributed by atoms with E-state index in [-0.39, 0.29) is 31.1 Å². The molecule has 8 nitrogen and oxygen atoms in total. The SMILES string of the molecule is CN(C(=O)N(C)[C@@H]1CN(C(=O)[C@H]2CC[C@H](NC(=O)O)CC2)C[C@H]1c1ccc(F)cc1)c1cc(C(F)(F)F)cc(C(F)(F)F)c1. The maximum atomic E-state index is 13.7. The van der Waals surface area contributed by atoms with Crippen LogP contribution in [0.4, 0.5) is 46.0 Å². The third kappa shape index (κ3) is 7.36. The summed E-state index contributed by atoms with van der Waals surface area (Å²) < 4.78 is 94.4. The average molecular weight is 633 g/mol. The summed E-state index contributed by atoms with van der Waals surface area (Å²) in [7, 11) is 2.40. The number of nitrogens with one attached hydrogen (secondary N) is 1. The summed E-state index contributed by atoms with van der Waals surface area (Å²) in [5.41, 5.74) is -3.18. The van der Waals surface area contributed by atoms with Crippen LogP contribution in [-0.2, 0) is 17.1 Å². The molecule has 0 unspecified atom stereocenters. The lowest BCUT2D eigenvalue weighted by atomic mass is 9.85. The highest BCUT2D eigenvalue weighted by molar-refractivity contribution is 5.92. The van der Waals surface area contributed by atoms with E-state index < -0.39 is 65.0 Å². The number of halogens is 7. The highest BCUT2D eigenvalue weighted by Crippen LogP contribution is 2.39. The highest BCUT2D eigenvalue weighted by atomic mass is 19.4. The van der Waals surface area contributed by atoms with Gasteiger partial charge in [0.15, 0.2) is 0 Å². The Kier molecular flexibility index (Phi) is 9.35. The van der Waals surface area contributed by atoms with E-state index in [1.54, 1.807) is 4.90 Å². The van der Waals surface area contributed by atoms with E-state index in [4.69, 9.17) is 5.11 Å². The van der Waals surface area contributed by atoms with E-state index in [9.17, 15) is 45.1 Å². The minimum absolute atomic E-state index is 0.0145. The van der Waals surface area contributed by atoms with Gasteiger partial charge in [-0.2, -0.15) is 26.3 Å². The number of nitrogens with zero attached hydrogens (tertiary/aromatic N) is 3. The number of amides is 4. The Balaban J connectivity index is 1.58. The van der Waals surface area contributed by atoms with Crippen molar-refractivity contribution in [1.29, 1.82) is 0 Å². The van der Waals surface area contributed by atoms with Gasteiger partial charge in [-0.1, -0.05) is 12.1 Å². The van der Waals surface area contributed by atoms with Gasteiger partial charge >= 0.3 is 24.5 Å². The van der Waals surface area contributed by atoms with Gasteiger partial charge in [0.05, 0.1) is 17.2 Å². The number of urea groups is 1. The van der Waals surface area contributed by atoms with Crippen LogP contribution in [0, 0.1) is 11.7 Å². The van der Waals surface area contributed by atoms with Gasteiger partial charge in [0.1, 0.15) is 5.82 Å². The zero-order valence-electron chi connectivity index (χ0n) is 23.8. The molecule has 2 aromatic rings. The first-order valence-corrected chi connectivity index (χ1v) is 13.8. The van der Waals surface area contributed by atoms with Crippen molar-refractivity contribution in [2.75, 3.05) is 32.1 Å². The first-order valence-electron chi connectivity index (χ1n) is 13.8. The number of likely N-dealkylation sites (tertiary alicyclic amines) is 1. The molecule has 1 aliphatic heterocycles. The molecule has 2 fully saturated rings. The van der Waals surface area contributed by atoms with Crippen LogP contribution < -0.4 is 10.2 Å². The number of rotatable bonds is 5. The fourth-order valence-corrected chi connectivity index (χ4v) is 5.94. The zero-order valence-corrected chi connectivity index (χ0v) is 23.8. The van der Waals surface area contributed by atoms with E-state index in [0.29, 0.717) is 48.3 Å². The van der Waals surface area contributed by atoms with Gasteiger partial charge in [0.25, 0.3) is 0 Å². The average Bonchev–Trinajstić information content (AvgIpc) is 3.40. The van der Waals surface area contributed by atoms with Gasteiger partial charge in [-0.3, -0.25) is 9.69 Å². The molecule has 0 radical (unpaired) electrons. The molecule has 2 aliphatic rings. The van der Waals surface area contributed by atoms with Crippen LogP contribution in [0.1, 0.15) is 48.3 Å². The fraction of sp³-hybridized carbons (Fsp3) is 0.483. The third-order valence-corrected chi connectivity index (χ3v) is 8.35. The van der Waals surface area contributed by atoms with Gasteiger partial charge in [0, 0.05) is 50.7 Å². The molecule has 240 valence electrons. The number of carbonyl (C=O) groups is 3. The second-order valence-electron chi connectivity index (χ2n) is 11.2. The molecule has 44 heavy (non-hydrogen) atoms. The second-order valence-corrected chi connectivity index (χ2v) is 11.2. The van der Waals surface area contributed by atoms with Crippen LogP contribution in [0.15, 0.2) is 42.5 Å². The summed E-state index contributed by atoms with van der Waals surface area (Å²) >= 11 is 0. The van der Waals surface area contributed by atoms with Crippen molar-refractivity contribution in [3.63, 3.8) is 0 Å². The third-order valence-electron chi connectivity index (χ3n) is 8.35. The normalized spacial score (nSPS) is 22.4. The first kappa shape index (κ1) is 32.9. The molecule has 4 rings (SSSR count). The summed E-state index contributed by atoms with van der Waals surface area (Å²) in [6.45, 7) is 0.145. The molecule has 1 saturated heterocycles. The van der Waals surface area contributed by atoms with Crippen LogP contribution in [0.25, 0.3) is 0 Å². The van der Waals surface area contributed by atoms with Crippen LogP contribution in [0.3, 0.4) is 0 Å². The van der Waals surface area contributed by atoms with Crippen molar-refractivity contribution in [3.05, 3.63) is 65.0 Å². The van der Waals surface area contributed by atoms with Crippen molar-refractivity contribution in [3.8, 4) is 0 Å². The molecule has 4 amide bonds. The van der Waals surface area contributed by atoms with Crippen LogP contribution >= 0.6 is 0 Å². The number of hydrogen-bond acceptors (Lipinski definition) is 3. The summed E-state index contributed by atoms with van der Waals surface area (Å²) in [6, 6.07) is 4.36. The molecule has 2 N–H and O–H groups in total. The lowest BCUT2D eigenvalue weighted by Gasteiger charge is -2.33. The highest BCUT2D eigenvalue weighted by Gasteiger charge is 2.43. The van der Waals surface area contributed by atoms with Crippen molar-refractivity contribution in [2.24, 2.45) is 5.92 Å². The van der Waals surface area contributed by atoms with Gasteiger partial charge < -0.3 is 20.2 Å². The second kappa shape index (κ2) is 12.5. The van der Waals surface area contributed by atoms with E-state index >= 15 is 0 Å². The van der Waals surface area contributed by atoms with Gasteiger partial charge in [0.2, 0.25) is 5.91 Å². The Labute approximate surface area is 248 Å². The van der Waals surface area contributed by atoms with Crippen molar-refractivity contribution >= 4 is 23.7 Å². The van der Waals surface area contributed by atoms with Crippen LogP contribution in [0.5, 0.6) is 0 Å². The predicted molar refractivity (Wildman–Crippen MR) is 144 cm³/mol. The number of carbonyl (C=O) groups excluding carboxylic acids is 2. The van der Waals surface area contributed by atoms with E-state index in [0.717, 1.165) is 7.05 Å². The molecule has 1 saturated carbocycles. The Hall–Kier alpha value is -4.04. The van der Waals surface area contributed by atoms with Gasteiger partial charge in [-0.25, -0.2) is 14.0 Å². The summed E-state index contributed by atoms with van der Waals surface area (Å²) in [4.78, 5) is 41.4. The number of hydrogen-bond donors (Lipinski definition) is 2. The molecule has 2 aromatic carbocycles. The molecular weight excluding hydrogens is 601 g/mol. The fourth-order valence-electron chi connectivity index (χ4n) is 5.94. The number of likely N-dealkylation sites (N-methyl/N-ethyl adjacent to an activating group) is 1. The minimum atomic E-state index is -5.10. The molecule has 15 heteroatoms. The van der Waals surface area contributed by atoms with Crippen LogP contribution in [-0.4, -0.2) is 72.2 Å². The van der Waals surface area contributed by atoms with Gasteiger partial charge in [-0.15, -0.1) is 0 Å². The Morgan fingerprint density at radius 3 is 1.91 bits per heavy atom. The number of alkyl halides is 6. The summed E-state index contributed by atoms with van der Waals surface area (Å²) in [5, 5.41) is 11.4. The first-order chi connectivity index (χ1) is 20.5. The summed E-state index contributed by atoms with van der Waals surface area (Å²) in [6.07, 6.45) is -9.57. The maximum absolute atomic E-state index is 13.7.